The topological polar surface area (TPSA) is 95.9 Å². The van der Waals surface area contributed by atoms with Crippen molar-refractivity contribution in [1.29, 1.82) is 0 Å². The highest BCUT2D eigenvalue weighted by Crippen LogP contribution is 2.17. The van der Waals surface area contributed by atoms with Crippen LogP contribution >= 0.6 is 0 Å². The Bertz CT molecular complexity index is 997. The summed E-state index contributed by atoms with van der Waals surface area (Å²) < 4.78 is 5.42. The van der Waals surface area contributed by atoms with Gasteiger partial charge in [-0.3, -0.25) is 9.59 Å². The summed E-state index contributed by atoms with van der Waals surface area (Å²) in [5.41, 5.74) is 0. The van der Waals surface area contributed by atoms with E-state index in [4.69, 9.17) is 4.74 Å². The molecule has 0 rings (SSSR count). The van der Waals surface area contributed by atoms with Crippen LogP contribution in [0, 0.1) is 0 Å². The summed E-state index contributed by atoms with van der Waals surface area (Å²) in [4.78, 5) is 24.4. The molecule has 0 bridgehead atoms. The summed E-state index contributed by atoms with van der Waals surface area (Å²) in [6.07, 6.45) is 64.8. The number of ether oxygens (including phenoxy) is 1. The van der Waals surface area contributed by atoms with Gasteiger partial charge in [0.05, 0.1) is 25.4 Å². The van der Waals surface area contributed by atoms with E-state index in [-0.39, 0.29) is 18.5 Å². The van der Waals surface area contributed by atoms with Crippen molar-refractivity contribution in [3.05, 3.63) is 24.3 Å². The quantitative estimate of drug-likeness (QED) is 0.0321. The van der Waals surface area contributed by atoms with Gasteiger partial charge in [-0.25, -0.2) is 0 Å². The standard InChI is InChI=1S/C58H111NO5/c1-3-5-7-9-11-13-15-16-17-26-29-32-36-40-44-48-52-58(63)64-53-49-45-41-37-33-30-27-24-22-20-18-19-21-23-25-28-31-35-39-43-47-51-57(62)59-55(54-60)56(61)50-46-42-38-34-14-12-10-8-6-4-2/h30,33,41,45,55-56,60-61H,3-29,31-32,34-40,42-44,46-54H2,1-2H3,(H,59,62)/b33-30-,45-41-. The molecular formula is C58H111NO5. The number of amides is 1. The molecule has 2 atom stereocenters. The Morgan fingerprint density at radius 3 is 1.19 bits per heavy atom. The lowest BCUT2D eigenvalue weighted by Gasteiger charge is -2.22. The number of carbonyl (C=O) groups excluding carboxylic acids is 2. The van der Waals surface area contributed by atoms with Gasteiger partial charge in [-0.05, 0) is 44.9 Å². The van der Waals surface area contributed by atoms with E-state index in [1.54, 1.807) is 0 Å². The number of allylic oxidation sites excluding steroid dienone is 3. The number of carbonyl (C=O) groups is 2. The van der Waals surface area contributed by atoms with Crippen LogP contribution in [0.3, 0.4) is 0 Å². The van der Waals surface area contributed by atoms with Crippen LogP contribution in [0.2, 0.25) is 0 Å². The number of aliphatic hydroxyl groups is 2. The average molecular weight is 903 g/mol. The van der Waals surface area contributed by atoms with Crippen molar-refractivity contribution in [3.8, 4) is 0 Å². The van der Waals surface area contributed by atoms with Gasteiger partial charge in [-0.2, -0.15) is 0 Å². The second-order valence-electron chi connectivity index (χ2n) is 19.6. The molecule has 0 aliphatic carbocycles. The molecule has 0 spiro atoms. The molecule has 0 aromatic carbocycles. The Kier molecular flexibility index (Phi) is 52.6. The average Bonchev–Trinajstić information content (AvgIpc) is 3.29. The van der Waals surface area contributed by atoms with Crippen LogP contribution in [-0.2, 0) is 14.3 Å². The molecule has 0 aliphatic heterocycles. The normalized spacial score (nSPS) is 12.8. The number of esters is 1. The Balaban J connectivity index is 3.42. The molecule has 0 radical (unpaired) electrons. The maximum absolute atomic E-state index is 12.4. The molecule has 6 heteroatoms. The van der Waals surface area contributed by atoms with Gasteiger partial charge < -0.3 is 20.3 Å². The third kappa shape index (κ3) is 49.8. The molecule has 0 saturated heterocycles. The van der Waals surface area contributed by atoms with Crippen LogP contribution in [0.15, 0.2) is 24.3 Å². The van der Waals surface area contributed by atoms with Crippen LogP contribution in [0.4, 0.5) is 0 Å². The molecule has 0 aromatic rings. The van der Waals surface area contributed by atoms with E-state index in [0.717, 1.165) is 51.4 Å². The summed E-state index contributed by atoms with van der Waals surface area (Å²) in [7, 11) is 0. The van der Waals surface area contributed by atoms with E-state index in [1.807, 2.05) is 0 Å². The van der Waals surface area contributed by atoms with Gasteiger partial charge in [-0.1, -0.05) is 276 Å². The zero-order chi connectivity index (χ0) is 46.5. The Morgan fingerprint density at radius 1 is 0.438 bits per heavy atom. The summed E-state index contributed by atoms with van der Waals surface area (Å²) in [5, 5.41) is 23.1. The molecule has 2 unspecified atom stereocenters. The third-order valence-electron chi connectivity index (χ3n) is 13.3. The maximum atomic E-state index is 12.4. The zero-order valence-electron chi connectivity index (χ0n) is 43.0. The molecule has 0 fully saturated rings. The summed E-state index contributed by atoms with van der Waals surface area (Å²) >= 11 is 0. The van der Waals surface area contributed by atoms with Crippen LogP contribution in [0.25, 0.3) is 0 Å². The van der Waals surface area contributed by atoms with Gasteiger partial charge in [0.2, 0.25) is 5.91 Å². The minimum Gasteiger partial charge on any atom is -0.465 e. The molecule has 3 N–H and O–H groups in total. The van der Waals surface area contributed by atoms with E-state index in [0.29, 0.717) is 25.9 Å². The highest BCUT2D eigenvalue weighted by molar-refractivity contribution is 5.76. The van der Waals surface area contributed by atoms with Crippen LogP contribution < -0.4 is 5.32 Å². The second kappa shape index (κ2) is 54.0. The predicted octanol–water partition coefficient (Wildman–Crippen LogP) is 17.5. The van der Waals surface area contributed by atoms with Gasteiger partial charge in [0.1, 0.15) is 0 Å². The minimum atomic E-state index is -0.665. The predicted molar refractivity (Wildman–Crippen MR) is 278 cm³/mol. The summed E-state index contributed by atoms with van der Waals surface area (Å²) in [5.74, 6) is -0.0727. The SMILES string of the molecule is CCCCCCCCCCCCCCCCCCC(=O)OCC/C=C\C/C=C\CCCCCCCCCCCCCCCCC(=O)NC(CO)C(O)CCCCCCCCCCCC. The summed E-state index contributed by atoms with van der Waals surface area (Å²) in [6.45, 7) is 4.84. The third-order valence-corrected chi connectivity index (χ3v) is 13.3. The van der Waals surface area contributed by atoms with E-state index >= 15 is 0 Å². The number of nitrogens with one attached hydrogen (secondary N) is 1. The highest BCUT2D eigenvalue weighted by atomic mass is 16.5. The van der Waals surface area contributed by atoms with Gasteiger partial charge in [0.25, 0.3) is 0 Å². The van der Waals surface area contributed by atoms with Crippen molar-refractivity contribution in [2.75, 3.05) is 13.2 Å². The Hall–Kier alpha value is -1.66. The van der Waals surface area contributed by atoms with E-state index in [1.165, 1.54) is 225 Å². The molecule has 0 saturated carbocycles. The van der Waals surface area contributed by atoms with E-state index < -0.39 is 12.1 Å². The lowest BCUT2D eigenvalue weighted by atomic mass is 10.0. The maximum Gasteiger partial charge on any atom is 0.305 e. The largest absolute Gasteiger partial charge is 0.465 e. The fraction of sp³-hybridized carbons (Fsp3) is 0.897. The van der Waals surface area contributed by atoms with Crippen molar-refractivity contribution >= 4 is 11.9 Å². The van der Waals surface area contributed by atoms with Crippen molar-refractivity contribution in [2.24, 2.45) is 0 Å². The monoisotopic (exact) mass is 902 g/mol. The first kappa shape index (κ1) is 62.3. The lowest BCUT2D eigenvalue weighted by molar-refractivity contribution is -0.143. The zero-order valence-corrected chi connectivity index (χ0v) is 43.0. The fourth-order valence-electron chi connectivity index (χ4n) is 8.89. The molecule has 0 aromatic heterocycles. The molecule has 1 amide bonds. The van der Waals surface area contributed by atoms with Gasteiger partial charge in [-0.15, -0.1) is 0 Å². The number of hydrogen-bond acceptors (Lipinski definition) is 5. The van der Waals surface area contributed by atoms with Crippen molar-refractivity contribution in [2.45, 2.75) is 321 Å². The highest BCUT2D eigenvalue weighted by Gasteiger charge is 2.20. The second-order valence-corrected chi connectivity index (χ2v) is 19.6. The first-order valence-electron chi connectivity index (χ1n) is 28.6. The molecule has 378 valence electrons. The van der Waals surface area contributed by atoms with Crippen molar-refractivity contribution < 1.29 is 24.5 Å². The van der Waals surface area contributed by atoms with Crippen LogP contribution in [-0.4, -0.2) is 47.4 Å². The van der Waals surface area contributed by atoms with Gasteiger partial charge in [0.15, 0.2) is 0 Å². The smallest absolute Gasteiger partial charge is 0.305 e. The Morgan fingerprint density at radius 2 is 0.781 bits per heavy atom. The van der Waals surface area contributed by atoms with Crippen molar-refractivity contribution in [1.82, 2.24) is 5.32 Å². The summed E-state index contributed by atoms with van der Waals surface area (Å²) in [6, 6.07) is -0.543. The number of rotatable bonds is 53. The Labute approximate surface area is 399 Å². The molecular weight excluding hydrogens is 791 g/mol. The number of unbranched alkanes of at least 4 members (excludes halogenated alkanes) is 38. The molecule has 6 nitrogen and oxygen atoms in total. The van der Waals surface area contributed by atoms with Gasteiger partial charge in [0, 0.05) is 12.8 Å². The van der Waals surface area contributed by atoms with E-state index in [9.17, 15) is 19.8 Å². The van der Waals surface area contributed by atoms with Gasteiger partial charge >= 0.3 is 5.97 Å². The first-order valence-corrected chi connectivity index (χ1v) is 28.6. The van der Waals surface area contributed by atoms with Crippen LogP contribution in [0.1, 0.15) is 309 Å². The van der Waals surface area contributed by atoms with Crippen molar-refractivity contribution in [3.63, 3.8) is 0 Å². The molecule has 0 aliphatic rings. The molecule has 64 heavy (non-hydrogen) atoms. The number of hydrogen-bond donors (Lipinski definition) is 3. The molecule has 0 heterocycles. The first-order chi connectivity index (χ1) is 31.5. The fourth-order valence-corrected chi connectivity index (χ4v) is 8.89. The minimum absolute atomic E-state index is 0.0318. The lowest BCUT2D eigenvalue weighted by Crippen LogP contribution is -2.45. The number of aliphatic hydroxyl groups excluding tert-OH is 2. The van der Waals surface area contributed by atoms with Crippen LogP contribution in [0.5, 0.6) is 0 Å². The van der Waals surface area contributed by atoms with E-state index in [2.05, 4.69) is 43.5 Å².